The molecule has 2 aromatic rings. The number of phenols is 1. The van der Waals surface area contributed by atoms with E-state index in [1.807, 2.05) is 6.07 Å². The molecule has 4 rings (SSSR count). The molecular weight excluding hydrogens is 362 g/mol. The van der Waals surface area contributed by atoms with Crippen molar-refractivity contribution >= 4 is 11.9 Å². The first-order valence-electron chi connectivity index (χ1n) is 9.16. The van der Waals surface area contributed by atoms with Crippen LogP contribution in [0.1, 0.15) is 23.1 Å². The van der Waals surface area contributed by atoms with Gasteiger partial charge in [-0.1, -0.05) is 30.3 Å². The number of carboxylic acid groups (broad SMARTS) is 2. The second-order valence-corrected chi connectivity index (χ2v) is 6.93. The van der Waals surface area contributed by atoms with Crippen LogP contribution in [0.15, 0.2) is 42.5 Å². The van der Waals surface area contributed by atoms with Crippen molar-refractivity contribution in [3.05, 3.63) is 59.2 Å². The Labute approximate surface area is 162 Å². The number of hydrogen-bond acceptors (Lipinski definition) is 5. The van der Waals surface area contributed by atoms with Gasteiger partial charge in [0.25, 0.3) is 0 Å². The van der Waals surface area contributed by atoms with E-state index >= 15 is 0 Å². The van der Waals surface area contributed by atoms with Gasteiger partial charge in [-0.3, -0.25) is 4.90 Å². The number of fused-ring (bicyclic) bond motifs is 2. The maximum absolute atomic E-state index is 9.61. The van der Waals surface area contributed by atoms with Gasteiger partial charge in [-0.15, -0.1) is 0 Å². The lowest BCUT2D eigenvalue weighted by Crippen LogP contribution is -2.40. The van der Waals surface area contributed by atoms with Crippen molar-refractivity contribution in [2.75, 3.05) is 13.1 Å². The largest absolute Gasteiger partial charge is 0.508 e. The van der Waals surface area contributed by atoms with Gasteiger partial charge in [0.1, 0.15) is 17.6 Å². The number of phenolic OH excluding ortho intramolecular Hbond substituents is 1. The third-order valence-electron chi connectivity index (χ3n) is 4.93. The number of carboxylic acids is 2. The Hall–Kier alpha value is -3.06. The van der Waals surface area contributed by atoms with E-state index in [-0.39, 0.29) is 11.9 Å². The van der Waals surface area contributed by atoms with Crippen LogP contribution >= 0.6 is 0 Å². The fourth-order valence-electron chi connectivity index (χ4n) is 3.54. The summed E-state index contributed by atoms with van der Waals surface area (Å²) < 4.78 is 6.10. The number of ether oxygens (including phenoxy) is 1. The number of aryl methyl sites for hydroxylation is 1. The monoisotopic (exact) mass is 385 g/mol. The molecule has 3 N–H and O–H groups in total. The summed E-state index contributed by atoms with van der Waals surface area (Å²) in [7, 11) is 0. The number of benzene rings is 2. The third-order valence-corrected chi connectivity index (χ3v) is 4.93. The van der Waals surface area contributed by atoms with Gasteiger partial charge in [0.05, 0.1) is 0 Å². The normalized spacial score (nSPS) is 17.9. The molecule has 0 spiro atoms. The molecule has 2 aromatic carbocycles. The Balaban J connectivity index is 0.000000330. The summed E-state index contributed by atoms with van der Waals surface area (Å²) in [6.07, 6.45) is 3.43. The molecule has 0 saturated carbocycles. The Bertz CT molecular complexity index is 854. The third kappa shape index (κ3) is 5.01. The molecule has 0 aromatic heterocycles. The first-order valence-corrected chi connectivity index (χ1v) is 9.16. The quantitative estimate of drug-likeness (QED) is 0.681. The van der Waals surface area contributed by atoms with E-state index in [2.05, 4.69) is 29.2 Å². The molecule has 1 atom stereocenters. The van der Waals surface area contributed by atoms with E-state index in [1.165, 1.54) is 16.7 Å². The fourth-order valence-corrected chi connectivity index (χ4v) is 3.54. The summed E-state index contributed by atoms with van der Waals surface area (Å²) in [6.45, 7) is 3.08. The number of rotatable bonds is 2. The zero-order valence-electron chi connectivity index (χ0n) is 15.4. The number of hydrogen-bond donors (Lipinski definition) is 3. The van der Waals surface area contributed by atoms with E-state index in [0.717, 1.165) is 44.6 Å². The van der Waals surface area contributed by atoms with Gasteiger partial charge >= 0.3 is 11.9 Å². The van der Waals surface area contributed by atoms with E-state index in [0.29, 0.717) is 0 Å². The van der Waals surface area contributed by atoms with Crippen molar-refractivity contribution in [3.63, 3.8) is 0 Å². The molecular formula is C21H23NO6. The number of nitrogens with zero attached hydrogens (tertiary/aromatic N) is 1. The molecule has 0 amide bonds. The van der Waals surface area contributed by atoms with Crippen LogP contribution in [0.3, 0.4) is 0 Å². The van der Waals surface area contributed by atoms with Crippen molar-refractivity contribution in [2.45, 2.75) is 31.9 Å². The lowest BCUT2D eigenvalue weighted by molar-refractivity contribution is -0.159. The standard InChI is InChI=1S/C19H21NO2.C2H2O4/c21-17-7-5-15-6-8-18(22-19(15)11-17)13-20-10-9-14-3-1-2-4-16(14)12-20;3-1(4)2(5)6/h1-5,7,11,18,21H,6,8-10,12-13H2;(H,3,4)(H,5,6). The number of carbonyl (C=O) groups is 2. The Morgan fingerprint density at radius 3 is 2.43 bits per heavy atom. The number of aromatic hydroxyl groups is 1. The highest BCUT2D eigenvalue weighted by molar-refractivity contribution is 6.27. The smallest absolute Gasteiger partial charge is 0.414 e. The van der Waals surface area contributed by atoms with E-state index < -0.39 is 11.9 Å². The van der Waals surface area contributed by atoms with Gasteiger partial charge in [-0.2, -0.15) is 0 Å². The Morgan fingerprint density at radius 2 is 1.71 bits per heavy atom. The lowest BCUT2D eigenvalue weighted by Gasteiger charge is -2.34. The highest BCUT2D eigenvalue weighted by atomic mass is 16.5. The zero-order valence-corrected chi connectivity index (χ0v) is 15.4. The lowest BCUT2D eigenvalue weighted by atomic mass is 9.98. The van der Waals surface area contributed by atoms with E-state index in [4.69, 9.17) is 24.5 Å². The van der Waals surface area contributed by atoms with Crippen LogP contribution in [0, 0.1) is 0 Å². The molecule has 0 bridgehead atoms. The predicted molar refractivity (Wildman–Crippen MR) is 102 cm³/mol. The van der Waals surface area contributed by atoms with Gasteiger partial charge in [0.15, 0.2) is 0 Å². The van der Waals surface area contributed by atoms with Crippen LogP contribution in [0.4, 0.5) is 0 Å². The summed E-state index contributed by atoms with van der Waals surface area (Å²) in [5.41, 5.74) is 4.14. The van der Waals surface area contributed by atoms with Gasteiger partial charge < -0.3 is 20.1 Å². The summed E-state index contributed by atoms with van der Waals surface area (Å²) >= 11 is 0. The molecule has 2 aliphatic heterocycles. The fraction of sp³-hybridized carbons (Fsp3) is 0.333. The summed E-state index contributed by atoms with van der Waals surface area (Å²) in [4.78, 5) is 20.7. The minimum Gasteiger partial charge on any atom is -0.508 e. The topological polar surface area (TPSA) is 107 Å². The van der Waals surface area contributed by atoms with Crippen molar-refractivity contribution in [3.8, 4) is 11.5 Å². The van der Waals surface area contributed by atoms with Crippen LogP contribution in [0.5, 0.6) is 11.5 Å². The first-order chi connectivity index (χ1) is 13.4. The van der Waals surface area contributed by atoms with Crippen molar-refractivity contribution in [1.29, 1.82) is 0 Å². The summed E-state index contributed by atoms with van der Waals surface area (Å²) in [6, 6.07) is 14.2. The minimum absolute atomic E-state index is 0.222. The molecule has 7 nitrogen and oxygen atoms in total. The molecule has 2 aliphatic rings. The van der Waals surface area contributed by atoms with E-state index in [1.54, 1.807) is 12.1 Å². The van der Waals surface area contributed by atoms with Crippen LogP contribution in [-0.2, 0) is 29.0 Å². The molecule has 0 fully saturated rings. The summed E-state index contributed by atoms with van der Waals surface area (Å²) in [5.74, 6) is -2.51. The molecule has 0 aliphatic carbocycles. The minimum atomic E-state index is -1.82. The molecule has 7 heteroatoms. The maximum Gasteiger partial charge on any atom is 0.414 e. The Kier molecular flexibility index (Phi) is 6.16. The SMILES string of the molecule is O=C(O)C(=O)O.Oc1ccc2c(c1)OC(CN1CCc3ccccc3C1)CC2. The zero-order chi connectivity index (χ0) is 20.1. The molecule has 28 heavy (non-hydrogen) atoms. The molecule has 0 radical (unpaired) electrons. The molecule has 0 saturated heterocycles. The highest BCUT2D eigenvalue weighted by Gasteiger charge is 2.24. The maximum atomic E-state index is 9.61. The second-order valence-electron chi connectivity index (χ2n) is 6.93. The summed E-state index contributed by atoms with van der Waals surface area (Å²) in [5, 5.41) is 24.4. The van der Waals surface area contributed by atoms with Crippen molar-refractivity contribution in [2.24, 2.45) is 0 Å². The van der Waals surface area contributed by atoms with Crippen molar-refractivity contribution in [1.82, 2.24) is 4.90 Å². The van der Waals surface area contributed by atoms with Gasteiger partial charge in [-0.25, -0.2) is 9.59 Å². The van der Waals surface area contributed by atoms with Crippen LogP contribution in [0.2, 0.25) is 0 Å². The van der Waals surface area contributed by atoms with Crippen LogP contribution in [0.25, 0.3) is 0 Å². The van der Waals surface area contributed by atoms with Gasteiger partial charge in [-0.05, 0) is 42.0 Å². The molecule has 2 heterocycles. The first kappa shape index (κ1) is 19.7. The Morgan fingerprint density at radius 1 is 1.00 bits per heavy atom. The number of aliphatic carboxylic acids is 2. The average Bonchev–Trinajstić information content (AvgIpc) is 2.68. The van der Waals surface area contributed by atoms with Gasteiger partial charge in [0.2, 0.25) is 0 Å². The molecule has 1 unspecified atom stereocenters. The average molecular weight is 385 g/mol. The van der Waals surface area contributed by atoms with Crippen molar-refractivity contribution < 1.29 is 29.6 Å². The predicted octanol–water partition coefficient (Wildman–Crippen LogP) is 2.30. The van der Waals surface area contributed by atoms with Crippen LogP contribution < -0.4 is 4.74 Å². The van der Waals surface area contributed by atoms with E-state index in [9.17, 15) is 5.11 Å². The van der Waals surface area contributed by atoms with Crippen LogP contribution in [-0.4, -0.2) is 51.4 Å². The molecule has 148 valence electrons. The second kappa shape index (κ2) is 8.75. The van der Waals surface area contributed by atoms with Gasteiger partial charge in [0, 0.05) is 25.7 Å². The highest BCUT2D eigenvalue weighted by Crippen LogP contribution is 2.31.